The smallest absolute Gasteiger partial charge is 0.351 e. The van der Waals surface area contributed by atoms with Crippen molar-refractivity contribution < 1.29 is 5.11 Å². The molecule has 4 rings (SSSR count). The van der Waals surface area contributed by atoms with Gasteiger partial charge in [-0.05, 0) is 23.3 Å². The van der Waals surface area contributed by atoms with Crippen LogP contribution in [-0.4, -0.2) is 24.3 Å². The van der Waals surface area contributed by atoms with E-state index < -0.39 is 0 Å². The molecule has 7 nitrogen and oxygen atoms in total. The van der Waals surface area contributed by atoms with Crippen molar-refractivity contribution >= 4 is 22.5 Å². The lowest BCUT2D eigenvalue weighted by molar-refractivity contribution is 0.282. The molecule has 3 N–H and O–H groups in total. The Labute approximate surface area is 136 Å². The molecule has 120 valence electrons. The van der Waals surface area contributed by atoms with Gasteiger partial charge in [0.05, 0.1) is 24.2 Å². The van der Waals surface area contributed by atoms with E-state index in [0.717, 1.165) is 5.56 Å². The highest BCUT2D eigenvalue weighted by Crippen LogP contribution is 2.18. The zero-order valence-corrected chi connectivity index (χ0v) is 12.8. The van der Waals surface area contributed by atoms with Crippen LogP contribution in [-0.2, 0) is 13.2 Å². The van der Waals surface area contributed by atoms with Gasteiger partial charge in [0.15, 0.2) is 5.82 Å². The average molecular weight is 321 g/mol. The van der Waals surface area contributed by atoms with Crippen molar-refractivity contribution in [2.24, 2.45) is 0 Å². The fourth-order valence-electron chi connectivity index (χ4n) is 2.77. The second kappa shape index (κ2) is 5.47. The number of hydrogen-bond acceptors (Lipinski definition) is 5. The summed E-state index contributed by atoms with van der Waals surface area (Å²) in [4.78, 5) is 17.1. The summed E-state index contributed by atoms with van der Waals surface area (Å²) in [5.74, 6) is 0.197. The quantitative estimate of drug-likeness (QED) is 0.590. The summed E-state index contributed by atoms with van der Waals surface area (Å²) in [7, 11) is 0. The molecule has 4 aromatic rings. The standard InChI is InChI=1S/C17H15N5O2/c18-15-16-20-21(9-11-4-2-1-3-5-11)17(24)22(16)14-8-12(10-23)6-7-13(14)19-15/h1-8,23H,9-10H2,(H2,18,19). The average Bonchev–Trinajstić information content (AvgIpc) is 2.93. The van der Waals surface area contributed by atoms with Gasteiger partial charge in [-0.15, -0.1) is 5.10 Å². The lowest BCUT2D eigenvalue weighted by Gasteiger charge is -2.04. The van der Waals surface area contributed by atoms with Crippen LogP contribution in [0.1, 0.15) is 11.1 Å². The number of aliphatic hydroxyl groups excluding tert-OH is 1. The molecule has 0 radical (unpaired) electrons. The summed E-state index contributed by atoms with van der Waals surface area (Å²) in [5, 5.41) is 13.7. The Morgan fingerprint density at radius 3 is 2.62 bits per heavy atom. The second-order valence-electron chi connectivity index (χ2n) is 5.56. The van der Waals surface area contributed by atoms with E-state index >= 15 is 0 Å². The Morgan fingerprint density at radius 2 is 1.88 bits per heavy atom. The summed E-state index contributed by atoms with van der Waals surface area (Å²) >= 11 is 0. The van der Waals surface area contributed by atoms with E-state index in [-0.39, 0.29) is 18.1 Å². The van der Waals surface area contributed by atoms with Gasteiger partial charge in [0.2, 0.25) is 5.65 Å². The van der Waals surface area contributed by atoms with Gasteiger partial charge < -0.3 is 10.8 Å². The lowest BCUT2D eigenvalue weighted by Crippen LogP contribution is -2.22. The van der Waals surface area contributed by atoms with Crippen molar-refractivity contribution in [3.63, 3.8) is 0 Å². The number of nitrogens with two attached hydrogens (primary N) is 1. The van der Waals surface area contributed by atoms with E-state index in [1.807, 2.05) is 30.3 Å². The van der Waals surface area contributed by atoms with E-state index in [1.165, 1.54) is 9.08 Å². The van der Waals surface area contributed by atoms with Gasteiger partial charge >= 0.3 is 5.69 Å². The number of anilines is 1. The molecule has 0 aliphatic rings. The molecule has 0 aliphatic heterocycles. The minimum Gasteiger partial charge on any atom is -0.392 e. The molecule has 0 spiro atoms. The maximum atomic E-state index is 12.8. The summed E-state index contributed by atoms with van der Waals surface area (Å²) in [6.45, 7) is 0.233. The maximum Gasteiger partial charge on any atom is 0.351 e. The van der Waals surface area contributed by atoms with Crippen molar-refractivity contribution in [2.75, 3.05) is 5.73 Å². The highest BCUT2D eigenvalue weighted by molar-refractivity contribution is 5.82. The third-order valence-corrected chi connectivity index (χ3v) is 3.95. The number of fused-ring (bicyclic) bond motifs is 3. The normalized spacial score (nSPS) is 11.4. The van der Waals surface area contributed by atoms with Gasteiger partial charge in [-0.1, -0.05) is 36.4 Å². The van der Waals surface area contributed by atoms with E-state index in [9.17, 15) is 9.90 Å². The van der Waals surface area contributed by atoms with Crippen molar-refractivity contribution in [1.82, 2.24) is 19.2 Å². The second-order valence-corrected chi connectivity index (χ2v) is 5.56. The lowest BCUT2D eigenvalue weighted by atomic mass is 10.2. The van der Waals surface area contributed by atoms with Crippen LogP contribution in [0.2, 0.25) is 0 Å². The number of aliphatic hydroxyl groups is 1. The SMILES string of the molecule is Nc1nc2ccc(CO)cc2n2c(=O)n(Cc3ccccc3)nc12. The highest BCUT2D eigenvalue weighted by Gasteiger charge is 2.15. The van der Waals surface area contributed by atoms with Crippen LogP contribution >= 0.6 is 0 Å². The zero-order chi connectivity index (χ0) is 16.7. The Balaban J connectivity index is 1.98. The van der Waals surface area contributed by atoms with Gasteiger partial charge in [-0.2, -0.15) is 0 Å². The molecule has 0 bridgehead atoms. The molecule has 2 aromatic carbocycles. The predicted molar refractivity (Wildman–Crippen MR) is 90.6 cm³/mol. The first kappa shape index (κ1) is 14.4. The fourth-order valence-corrected chi connectivity index (χ4v) is 2.77. The number of nitrogen functional groups attached to an aromatic ring is 1. The molecule has 0 atom stereocenters. The Morgan fingerprint density at radius 1 is 1.08 bits per heavy atom. The first-order valence-corrected chi connectivity index (χ1v) is 7.50. The van der Waals surface area contributed by atoms with Crippen molar-refractivity contribution in [3.05, 3.63) is 70.1 Å². The van der Waals surface area contributed by atoms with E-state index in [0.29, 0.717) is 28.8 Å². The molecule has 0 amide bonds. The number of rotatable bonds is 3. The van der Waals surface area contributed by atoms with Crippen LogP contribution in [0.5, 0.6) is 0 Å². The summed E-state index contributed by atoms with van der Waals surface area (Å²) in [6.07, 6.45) is 0. The maximum absolute atomic E-state index is 12.8. The Kier molecular flexibility index (Phi) is 3.28. The molecule has 0 unspecified atom stereocenters. The number of benzene rings is 2. The topological polar surface area (TPSA) is 98.4 Å². The highest BCUT2D eigenvalue weighted by atomic mass is 16.3. The Bertz CT molecular complexity index is 1100. The van der Waals surface area contributed by atoms with Gasteiger partial charge in [0.25, 0.3) is 0 Å². The minimum absolute atomic E-state index is 0.116. The molecule has 24 heavy (non-hydrogen) atoms. The molecule has 7 heteroatoms. The van der Waals surface area contributed by atoms with E-state index in [1.54, 1.807) is 18.2 Å². The van der Waals surface area contributed by atoms with Crippen LogP contribution in [0.3, 0.4) is 0 Å². The summed E-state index contributed by atoms with van der Waals surface area (Å²) < 4.78 is 2.81. The first-order valence-electron chi connectivity index (χ1n) is 7.50. The predicted octanol–water partition coefficient (Wildman–Crippen LogP) is 1.17. The number of hydrogen-bond donors (Lipinski definition) is 2. The molecule has 0 aliphatic carbocycles. The molecule has 2 heterocycles. The van der Waals surface area contributed by atoms with Crippen LogP contribution in [0, 0.1) is 0 Å². The van der Waals surface area contributed by atoms with Crippen LogP contribution in [0.25, 0.3) is 16.7 Å². The van der Waals surface area contributed by atoms with Gasteiger partial charge in [-0.25, -0.2) is 18.9 Å². The third kappa shape index (κ3) is 2.22. The minimum atomic E-state index is -0.289. The monoisotopic (exact) mass is 321 g/mol. The van der Waals surface area contributed by atoms with Gasteiger partial charge in [0, 0.05) is 0 Å². The Hall–Kier alpha value is -3.19. The van der Waals surface area contributed by atoms with Crippen LogP contribution in [0.4, 0.5) is 5.82 Å². The number of nitrogens with zero attached hydrogens (tertiary/aromatic N) is 4. The van der Waals surface area contributed by atoms with E-state index in [2.05, 4.69) is 10.1 Å². The van der Waals surface area contributed by atoms with Gasteiger partial charge in [-0.3, -0.25) is 0 Å². The van der Waals surface area contributed by atoms with Gasteiger partial charge in [0.1, 0.15) is 0 Å². The van der Waals surface area contributed by atoms with Crippen LogP contribution in [0.15, 0.2) is 53.3 Å². The summed E-state index contributed by atoms with van der Waals surface area (Å²) in [6, 6.07) is 14.8. The molecular formula is C17H15N5O2. The van der Waals surface area contributed by atoms with Crippen molar-refractivity contribution in [3.8, 4) is 0 Å². The van der Waals surface area contributed by atoms with Crippen LogP contribution < -0.4 is 11.4 Å². The molecule has 2 aromatic heterocycles. The molecule has 0 saturated heterocycles. The fraction of sp³-hybridized carbons (Fsp3) is 0.118. The zero-order valence-electron chi connectivity index (χ0n) is 12.8. The van der Waals surface area contributed by atoms with Crippen molar-refractivity contribution in [1.29, 1.82) is 0 Å². The molecule has 0 fully saturated rings. The number of aromatic nitrogens is 4. The van der Waals surface area contributed by atoms with Crippen molar-refractivity contribution in [2.45, 2.75) is 13.2 Å². The molecular weight excluding hydrogens is 306 g/mol. The third-order valence-electron chi connectivity index (χ3n) is 3.95. The molecule has 0 saturated carbocycles. The summed E-state index contributed by atoms with van der Waals surface area (Å²) in [5.41, 5.74) is 8.82. The largest absolute Gasteiger partial charge is 0.392 e. The first-order chi connectivity index (χ1) is 11.7. The van der Waals surface area contributed by atoms with E-state index in [4.69, 9.17) is 5.73 Å².